The maximum absolute atomic E-state index is 12.5. The van der Waals surface area contributed by atoms with Gasteiger partial charge in [0.1, 0.15) is 0 Å². The van der Waals surface area contributed by atoms with Crippen LogP contribution in [0, 0.1) is 0 Å². The summed E-state index contributed by atoms with van der Waals surface area (Å²) in [5.41, 5.74) is 1.24. The van der Waals surface area contributed by atoms with Gasteiger partial charge in [0.05, 0.1) is 19.3 Å². The van der Waals surface area contributed by atoms with Crippen LogP contribution in [0.2, 0.25) is 0 Å². The molecule has 1 saturated carbocycles. The molecule has 1 aromatic rings. The van der Waals surface area contributed by atoms with Crippen LogP contribution in [0.5, 0.6) is 0 Å². The van der Waals surface area contributed by atoms with E-state index in [9.17, 15) is 4.79 Å². The second-order valence-corrected chi connectivity index (χ2v) is 7.05. The van der Waals surface area contributed by atoms with Gasteiger partial charge in [-0.1, -0.05) is 0 Å². The molecule has 1 aliphatic carbocycles. The maximum Gasteiger partial charge on any atom is 0.237 e. The number of nitrogens with one attached hydrogen (secondary N) is 1. The van der Waals surface area contributed by atoms with Crippen molar-refractivity contribution < 1.29 is 9.53 Å². The van der Waals surface area contributed by atoms with Crippen LogP contribution in [0.3, 0.4) is 0 Å². The number of likely N-dealkylation sites (N-methyl/N-ethyl adjacent to an activating group) is 1. The van der Waals surface area contributed by atoms with Gasteiger partial charge >= 0.3 is 0 Å². The number of nitrogens with zero attached hydrogens (tertiary/aromatic N) is 2. The fraction of sp³-hybridized carbons (Fsp3) is 0.688. The third kappa shape index (κ3) is 4.52. The highest BCUT2D eigenvalue weighted by molar-refractivity contribution is 7.07. The highest BCUT2D eigenvalue weighted by Crippen LogP contribution is 2.28. The molecule has 3 rings (SSSR count). The SMILES string of the molecule is CN1CCO[C@@H](CNCC(=O)N(Cc2ccsc2)C2CC2)C1. The molecule has 2 heterocycles. The van der Waals surface area contributed by atoms with E-state index in [0.29, 0.717) is 12.6 Å². The number of amides is 1. The molecule has 0 unspecified atom stereocenters. The second-order valence-electron chi connectivity index (χ2n) is 6.27. The van der Waals surface area contributed by atoms with Crippen LogP contribution in [0.1, 0.15) is 18.4 Å². The van der Waals surface area contributed by atoms with E-state index in [-0.39, 0.29) is 12.0 Å². The fourth-order valence-corrected chi connectivity index (χ4v) is 3.48. The van der Waals surface area contributed by atoms with Gasteiger partial charge in [-0.2, -0.15) is 11.3 Å². The molecule has 1 aromatic heterocycles. The molecule has 22 heavy (non-hydrogen) atoms. The summed E-state index contributed by atoms with van der Waals surface area (Å²) in [5, 5.41) is 7.47. The molecule has 2 aliphatic rings. The van der Waals surface area contributed by atoms with Crippen LogP contribution < -0.4 is 5.32 Å². The van der Waals surface area contributed by atoms with E-state index in [1.165, 1.54) is 5.56 Å². The van der Waals surface area contributed by atoms with E-state index in [4.69, 9.17) is 4.74 Å². The Hall–Kier alpha value is -0.950. The Bertz CT molecular complexity index is 476. The Morgan fingerprint density at radius 3 is 3.09 bits per heavy atom. The standard InChI is InChI=1S/C16H25N3O2S/c1-18-5-6-21-15(11-18)8-17-9-16(20)19(14-2-3-14)10-13-4-7-22-12-13/h4,7,12,14-15,17H,2-3,5-6,8-11H2,1H3/t15-/m0/s1. The molecule has 6 heteroatoms. The van der Waals surface area contributed by atoms with Gasteiger partial charge < -0.3 is 19.9 Å². The predicted molar refractivity (Wildman–Crippen MR) is 88.0 cm³/mol. The summed E-state index contributed by atoms with van der Waals surface area (Å²) in [7, 11) is 2.11. The number of rotatable bonds is 7. The predicted octanol–water partition coefficient (Wildman–Crippen LogP) is 1.16. The molecule has 2 fully saturated rings. The molecule has 0 spiro atoms. The van der Waals surface area contributed by atoms with Crippen molar-refractivity contribution in [1.82, 2.24) is 15.1 Å². The van der Waals surface area contributed by atoms with E-state index in [1.54, 1.807) is 11.3 Å². The lowest BCUT2D eigenvalue weighted by molar-refractivity contribution is -0.131. The van der Waals surface area contributed by atoms with Gasteiger partial charge in [0.15, 0.2) is 0 Å². The summed E-state index contributed by atoms with van der Waals surface area (Å²) in [6.07, 6.45) is 2.48. The summed E-state index contributed by atoms with van der Waals surface area (Å²) in [6, 6.07) is 2.55. The minimum Gasteiger partial charge on any atom is -0.374 e. The third-order valence-electron chi connectivity index (χ3n) is 4.23. The van der Waals surface area contributed by atoms with Crippen LogP contribution in [-0.2, 0) is 16.1 Å². The molecule has 0 bridgehead atoms. The van der Waals surface area contributed by atoms with Gasteiger partial charge in [0.2, 0.25) is 5.91 Å². The number of thiophene rings is 1. The first kappa shape index (κ1) is 15.9. The second kappa shape index (κ2) is 7.55. The van der Waals surface area contributed by atoms with E-state index in [0.717, 1.165) is 45.6 Å². The molecule has 1 aliphatic heterocycles. The van der Waals surface area contributed by atoms with Crippen molar-refractivity contribution in [2.75, 3.05) is 39.8 Å². The summed E-state index contributed by atoms with van der Waals surface area (Å²) >= 11 is 1.69. The van der Waals surface area contributed by atoms with Crippen LogP contribution in [-0.4, -0.2) is 67.7 Å². The largest absolute Gasteiger partial charge is 0.374 e. The Morgan fingerprint density at radius 1 is 1.55 bits per heavy atom. The zero-order valence-electron chi connectivity index (χ0n) is 13.2. The van der Waals surface area contributed by atoms with E-state index < -0.39 is 0 Å². The van der Waals surface area contributed by atoms with E-state index in [1.807, 2.05) is 4.90 Å². The molecule has 0 radical (unpaired) electrons. The maximum atomic E-state index is 12.5. The van der Waals surface area contributed by atoms with Gasteiger partial charge in [-0.25, -0.2) is 0 Å². The first-order valence-electron chi connectivity index (χ1n) is 8.04. The van der Waals surface area contributed by atoms with Crippen molar-refractivity contribution in [3.8, 4) is 0 Å². The van der Waals surface area contributed by atoms with Gasteiger partial charge in [-0.3, -0.25) is 4.79 Å². The highest BCUT2D eigenvalue weighted by atomic mass is 32.1. The molecule has 1 atom stereocenters. The molecule has 1 N–H and O–H groups in total. The molecule has 0 aromatic carbocycles. The Labute approximate surface area is 136 Å². The summed E-state index contributed by atoms with van der Waals surface area (Å²) in [6.45, 7) is 4.60. The lowest BCUT2D eigenvalue weighted by Gasteiger charge is -2.30. The normalized spacial score (nSPS) is 22.7. The first-order chi connectivity index (χ1) is 10.7. The zero-order valence-corrected chi connectivity index (χ0v) is 14.0. The Kier molecular flexibility index (Phi) is 5.46. The number of carbonyl (C=O) groups is 1. The lowest BCUT2D eigenvalue weighted by Crippen LogP contribution is -2.47. The number of morpholine rings is 1. The van der Waals surface area contributed by atoms with Crippen LogP contribution in [0.15, 0.2) is 16.8 Å². The van der Waals surface area contributed by atoms with Gasteiger partial charge in [0.25, 0.3) is 0 Å². The van der Waals surface area contributed by atoms with Crippen molar-refractivity contribution in [1.29, 1.82) is 0 Å². The van der Waals surface area contributed by atoms with Crippen molar-refractivity contribution in [2.45, 2.75) is 31.5 Å². The highest BCUT2D eigenvalue weighted by Gasteiger charge is 2.32. The number of hydrogen-bond donors (Lipinski definition) is 1. The van der Waals surface area contributed by atoms with Gasteiger partial charge in [0, 0.05) is 32.2 Å². The van der Waals surface area contributed by atoms with Crippen molar-refractivity contribution in [3.05, 3.63) is 22.4 Å². The van der Waals surface area contributed by atoms with Crippen LogP contribution in [0.25, 0.3) is 0 Å². The summed E-state index contributed by atoms with van der Waals surface area (Å²) in [5.74, 6) is 0.206. The van der Waals surface area contributed by atoms with Gasteiger partial charge in [-0.05, 0) is 42.3 Å². The smallest absolute Gasteiger partial charge is 0.237 e. The van der Waals surface area contributed by atoms with Gasteiger partial charge in [-0.15, -0.1) is 0 Å². The first-order valence-corrected chi connectivity index (χ1v) is 8.98. The minimum absolute atomic E-state index is 0.192. The molecule has 1 amide bonds. The average Bonchev–Trinajstić information content (AvgIpc) is 3.21. The third-order valence-corrected chi connectivity index (χ3v) is 4.96. The molecule has 1 saturated heterocycles. The Balaban J connectivity index is 1.43. The molecular formula is C16H25N3O2S. The topological polar surface area (TPSA) is 44.8 Å². The molecular weight excluding hydrogens is 298 g/mol. The van der Waals surface area contributed by atoms with E-state index >= 15 is 0 Å². The number of ether oxygens (including phenoxy) is 1. The molecule has 122 valence electrons. The molecule has 5 nitrogen and oxygen atoms in total. The minimum atomic E-state index is 0.192. The quantitative estimate of drug-likeness (QED) is 0.818. The number of carbonyl (C=O) groups excluding carboxylic acids is 1. The average molecular weight is 323 g/mol. The Morgan fingerprint density at radius 2 is 2.41 bits per heavy atom. The fourth-order valence-electron chi connectivity index (χ4n) is 2.82. The summed E-state index contributed by atoms with van der Waals surface area (Å²) < 4.78 is 5.71. The zero-order chi connectivity index (χ0) is 15.4. The van der Waals surface area contributed by atoms with Crippen molar-refractivity contribution in [2.24, 2.45) is 0 Å². The summed E-state index contributed by atoms with van der Waals surface area (Å²) in [4.78, 5) is 16.8. The monoisotopic (exact) mass is 323 g/mol. The van der Waals surface area contributed by atoms with Crippen molar-refractivity contribution in [3.63, 3.8) is 0 Å². The lowest BCUT2D eigenvalue weighted by atomic mass is 10.2. The number of hydrogen-bond acceptors (Lipinski definition) is 5. The van der Waals surface area contributed by atoms with Crippen molar-refractivity contribution >= 4 is 17.2 Å². The van der Waals surface area contributed by atoms with Crippen LogP contribution in [0.4, 0.5) is 0 Å². The van der Waals surface area contributed by atoms with E-state index in [2.05, 4.69) is 34.1 Å². The van der Waals surface area contributed by atoms with Crippen LogP contribution >= 0.6 is 11.3 Å².